The summed E-state index contributed by atoms with van der Waals surface area (Å²) in [5.74, 6) is 1.67. The van der Waals surface area contributed by atoms with Crippen LogP contribution in [0.3, 0.4) is 0 Å². The molecule has 1 N–H and O–H groups in total. The lowest BCUT2D eigenvalue weighted by Crippen LogP contribution is -2.47. The van der Waals surface area contributed by atoms with Crippen molar-refractivity contribution in [2.75, 3.05) is 43.1 Å². The Hall–Kier alpha value is -3.32. The van der Waals surface area contributed by atoms with E-state index in [-0.39, 0.29) is 0 Å². The van der Waals surface area contributed by atoms with Gasteiger partial charge in [0.05, 0.1) is 18.2 Å². The van der Waals surface area contributed by atoms with Crippen LogP contribution in [-0.2, 0) is 0 Å². The summed E-state index contributed by atoms with van der Waals surface area (Å²) in [6.07, 6.45) is 1.58. The number of rotatable bonds is 4. The third-order valence-electron chi connectivity index (χ3n) is 5.80. The van der Waals surface area contributed by atoms with Crippen molar-refractivity contribution < 1.29 is 4.74 Å². The Bertz CT molecular complexity index is 1230. The van der Waals surface area contributed by atoms with Gasteiger partial charge in [-0.15, -0.1) is 0 Å². The maximum absolute atomic E-state index is 6.24. The SMILES string of the molecule is COc1ccccc1-c1[nH]nc2ncnc(N3CCN(c4cc(Cl)ccc4C)CC3)c12. The van der Waals surface area contributed by atoms with E-state index in [0.717, 1.165) is 59.4 Å². The number of fused-ring (bicyclic) bond motifs is 1. The fourth-order valence-corrected chi connectivity index (χ4v) is 4.38. The molecule has 3 heterocycles. The summed E-state index contributed by atoms with van der Waals surface area (Å²) in [7, 11) is 1.67. The van der Waals surface area contributed by atoms with Crippen molar-refractivity contribution in [2.45, 2.75) is 6.92 Å². The first-order valence-electron chi connectivity index (χ1n) is 10.2. The molecule has 1 saturated heterocycles. The maximum Gasteiger partial charge on any atom is 0.186 e. The molecule has 1 aliphatic heterocycles. The van der Waals surface area contributed by atoms with Crippen LogP contribution >= 0.6 is 11.6 Å². The highest BCUT2D eigenvalue weighted by Gasteiger charge is 2.24. The summed E-state index contributed by atoms with van der Waals surface area (Å²) in [5.41, 5.74) is 4.89. The molecule has 0 atom stereocenters. The molecule has 5 rings (SSSR count). The quantitative estimate of drug-likeness (QED) is 0.516. The van der Waals surface area contributed by atoms with Crippen LogP contribution in [0.4, 0.5) is 11.5 Å². The zero-order valence-corrected chi connectivity index (χ0v) is 18.2. The fraction of sp³-hybridized carbons (Fsp3) is 0.261. The molecule has 158 valence electrons. The topological polar surface area (TPSA) is 70.2 Å². The van der Waals surface area contributed by atoms with Crippen LogP contribution in [0.2, 0.25) is 5.02 Å². The number of nitrogens with one attached hydrogen (secondary N) is 1. The van der Waals surface area contributed by atoms with E-state index in [0.29, 0.717) is 5.65 Å². The van der Waals surface area contributed by atoms with Gasteiger partial charge < -0.3 is 14.5 Å². The molecule has 1 fully saturated rings. The predicted molar refractivity (Wildman–Crippen MR) is 124 cm³/mol. The largest absolute Gasteiger partial charge is 0.496 e. The Kier molecular flexibility index (Phi) is 5.11. The number of piperazine rings is 1. The smallest absolute Gasteiger partial charge is 0.186 e. The summed E-state index contributed by atoms with van der Waals surface area (Å²) < 4.78 is 5.57. The summed E-state index contributed by atoms with van der Waals surface area (Å²) in [6.45, 7) is 5.57. The molecule has 2 aromatic carbocycles. The van der Waals surface area contributed by atoms with E-state index >= 15 is 0 Å². The van der Waals surface area contributed by atoms with E-state index in [1.54, 1.807) is 13.4 Å². The minimum absolute atomic E-state index is 0.652. The monoisotopic (exact) mass is 434 g/mol. The first-order valence-corrected chi connectivity index (χ1v) is 10.6. The molecule has 8 heteroatoms. The Morgan fingerprint density at radius 2 is 1.77 bits per heavy atom. The number of benzene rings is 2. The number of H-pyrrole nitrogens is 1. The second-order valence-electron chi connectivity index (χ2n) is 7.60. The lowest BCUT2D eigenvalue weighted by Gasteiger charge is -2.37. The van der Waals surface area contributed by atoms with Crippen LogP contribution in [0.25, 0.3) is 22.3 Å². The number of methoxy groups -OCH3 is 1. The highest BCUT2D eigenvalue weighted by atomic mass is 35.5. The average molecular weight is 435 g/mol. The molecule has 4 aromatic rings. The van der Waals surface area contributed by atoms with Crippen molar-refractivity contribution in [2.24, 2.45) is 0 Å². The van der Waals surface area contributed by atoms with Gasteiger partial charge in [0, 0.05) is 42.5 Å². The van der Waals surface area contributed by atoms with Crippen molar-refractivity contribution in [3.05, 3.63) is 59.4 Å². The van der Waals surface area contributed by atoms with Crippen molar-refractivity contribution in [1.82, 2.24) is 20.2 Å². The molecule has 7 nitrogen and oxygen atoms in total. The molecule has 0 amide bonds. The van der Waals surface area contributed by atoms with E-state index in [9.17, 15) is 0 Å². The van der Waals surface area contributed by atoms with Crippen molar-refractivity contribution in [3.63, 3.8) is 0 Å². The Balaban J connectivity index is 1.48. The minimum atomic E-state index is 0.652. The van der Waals surface area contributed by atoms with E-state index < -0.39 is 0 Å². The third-order valence-corrected chi connectivity index (χ3v) is 6.03. The van der Waals surface area contributed by atoms with Crippen LogP contribution in [0, 0.1) is 6.92 Å². The molecule has 0 unspecified atom stereocenters. The van der Waals surface area contributed by atoms with Gasteiger partial charge in [-0.05, 0) is 36.8 Å². The molecule has 0 spiro atoms. The molecular formula is C23H23ClN6O. The number of halogens is 1. The van der Waals surface area contributed by atoms with Gasteiger partial charge >= 0.3 is 0 Å². The highest BCUT2D eigenvalue weighted by Crippen LogP contribution is 2.37. The van der Waals surface area contributed by atoms with E-state index in [2.05, 4.69) is 43.0 Å². The fourth-order valence-electron chi connectivity index (χ4n) is 4.21. The minimum Gasteiger partial charge on any atom is -0.496 e. The lowest BCUT2D eigenvalue weighted by atomic mass is 10.1. The van der Waals surface area contributed by atoms with Gasteiger partial charge in [-0.25, -0.2) is 9.97 Å². The van der Waals surface area contributed by atoms with Gasteiger partial charge in [0.15, 0.2) is 5.65 Å². The second-order valence-corrected chi connectivity index (χ2v) is 8.04. The standard InChI is InChI=1S/C23H23ClN6O/c1-15-7-8-16(24)13-18(15)29-9-11-30(12-10-29)23-20-21(27-28-22(20)25-14-26-23)17-5-3-4-6-19(17)31-2/h3-8,13-14H,9-12H2,1-2H3,(H,25,26,27,28). The number of aryl methyl sites for hydroxylation is 1. The van der Waals surface area contributed by atoms with Crippen molar-refractivity contribution >= 4 is 34.1 Å². The van der Waals surface area contributed by atoms with E-state index in [1.165, 1.54) is 11.3 Å². The van der Waals surface area contributed by atoms with Crippen LogP contribution < -0.4 is 14.5 Å². The Labute approximate surface area is 185 Å². The first-order chi connectivity index (χ1) is 15.2. The number of hydrogen-bond donors (Lipinski definition) is 1. The van der Waals surface area contributed by atoms with Gasteiger partial charge in [0.2, 0.25) is 0 Å². The number of hydrogen-bond acceptors (Lipinski definition) is 6. The molecule has 0 aliphatic carbocycles. The molecular weight excluding hydrogens is 412 g/mol. The van der Waals surface area contributed by atoms with Crippen LogP contribution in [0.5, 0.6) is 5.75 Å². The number of aromatic amines is 1. The summed E-state index contributed by atoms with van der Waals surface area (Å²) >= 11 is 6.24. The predicted octanol–water partition coefficient (Wildman–Crippen LogP) is 4.32. The number of anilines is 2. The molecule has 31 heavy (non-hydrogen) atoms. The van der Waals surface area contributed by atoms with E-state index in [1.807, 2.05) is 36.4 Å². The molecule has 1 aliphatic rings. The molecule has 0 radical (unpaired) electrons. The van der Waals surface area contributed by atoms with Gasteiger partial charge in [0.25, 0.3) is 0 Å². The molecule has 0 bridgehead atoms. The zero-order valence-electron chi connectivity index (χ0n) is 17.5. The van der Waals surface area contributed by atoms with Gasteiger partial charge in [-0.2, -0.15) is 5.10 Å². The Morgan fingerprint density at radius 3 is 2.58 bits per heavy atom. The zero-order chi connectivity index (χ0) is 21.4. The normalized spacial score (nSPS) is 14.3. The molecule has 0 saturated carbocycles. The van der Waals surface area contributed by atoms with Crippen LogP contribution in [0.1, 0.15) is 5.56 Å². The van der Waals surface area contributed by atoms with Crippen molar-refractivity contribution in [3.8, 4) is 17.0 Å². The number of para-hydroxylation sites is 1. The summed E-state index contributed by atoms with van der Waals surface area (Å²) in [6, 6.07) is 14.0. The highest BCUT2D eigenvalue weighted by molar-refractivity contribution is 6.30. The van der Waals surface area contributed by atoms with Gasteiger partial charge in [0.1, 0.15) is 17.9 Å². The molecule has 2 aromatic heterocycles. The Morgan fingerprint density at radius 1 is 1.00 bits per heavy atom. The summed E-state index contributed by atoms with van der Waals surface area (Å²) in [5, 5.41) is 9.26. The average Bonchev–Trinajstić information content (AvgIpc) is 3.25. The first kappa shape index (κ1) is 19.6. The number of aromatic nitrogens is 4. The lowest BCUT2D eigenvalue weighted by molar-refractivity contribution is 0.416. The van der Waals surface area contributed by atoms with Crippen molar-refractivity contribution in [1.29, 1.82) is 0 Å². The van der Waals surface area contributed by atoms with Gasteiger partial charge in [-0.3, -0.25) is 5.10 Å². The van der Waals surface area contributed by atoms with Crippen LogP contribution in [0.15, 0.2) is 48.8 Å². The number of nitrogens with zero attached hydrogens (tertiary/aromatic N) is 5. The number of ether oxygens (including phenoxy) is 1. The van der Waals surface area contributed by atoms with E-state index in [4.69, 9.17) is 16.3 Å². The van der Waals surface area contributed by atoms with Crippen LogP contribution in [-0.4, -0.2) is 53.5 Å². The summed E-state index contributed by atoms with van der Waals surface area (Å²) in [4.78, 5) is 13.7. The third kappa shape index (κ3) is 3.55. The van der Waals surface area contributed by atoms with Gasteiger partial charge in [-0.1, -0.05) is 29.8 Å². The maximum atomic E-state index is 6.24. The second kappa shape index (κ2) is 8.07.